The molecule has 3 rings (SSSR count). The molecule has 1 aliphatic rings. The average Bonchev–Trinajstić information content (AvgIpc) is 2.81. The van der Waals surface area contributed by atoms with E-state index in [1.807, 2.05) is 0 Å². The Kier molecular flexibility index (Phi) is 3.06. The maximum absolute atomic E-state index is 13.4. The maximum Gasteiger partial charge on any atom is 0.299 e. The van der Waals surface area contributed by atoms with Crippen LogP contribution in [0.5, 0.6) is 0 Å². The van der Waals surface area contributed by atoms with E-state index in [2.05, 4.69) is 5.10 Å². The van der Waals surface area contributed by atoms with E-state index >= 15 is 0 Å². The summed E-state index contributed by atoms with van der Waals surface area (Å²) in [5, 5.41) is 4.59. The van der Waals surface area contributed by atoms with Crippen LogP contribution in [0.1, 0.15) is 21.7 Å². The van der Waals surface area contributed by atoms with Gasteiger partial charge >= 0.3 is 0 Å². The predicted molar refractivity (Wildman–Crippen MR) is 74.9 cm³/mol. The van der Waals surface area contributed by atoms with Crippen LogP contribution in [0.2, 0.25) is 5.02 Å². The highest BCUT2D eigenvalue weighted by molar-refractivity contribution is 6.52. The minimum Gasteiger partial charge on any atom is -0.299 e. The Bertz CT molecular complexity index is 785. The smallest absolute Gasteiger partial charge is 0.299 e. The molecule has 0 atom stereocenters. The third-order valence-electron chi connectivity index (χ3n) is 3.50. The van der Waals surface area contributed by atoms with Gasteiger partial charge in [0, 0.05) is 7.05 Å². The van der Waals surface area contributed by atoms with Gasteiger partial charge in [-0.15, -0.1) is 0 Å². The van der Waals surface area contributed by atoms with Gasteiger partial charge in [0.2, 0.25) is 0 Å². The zero-order valence-electron chi connectivity index (χ0n) is 11.4. The Labute approximate surface area is 124 Å². The van der Waals surface area contributed by atoms with Crippen molar-refractivity contribution >= 4 is 29.0 Å². The van der Waals surface area contributed by atoms with Gasteiger partial charge in [0.1, 0.15) is 5.82 Å². The largest absolute Gasteiger partial charge is 0.299 e. The van der Waals surface area contributed by atoms with Crippen LogP contribution < -0.4 is 4.90 Å². The average molecular weight is 308 g/mol. The Morgan fingerprint density at radius 2 is 2.05 bits per heavy atom. The number of rotatable bonds is 2. The van der Waals surface area contributed by atoms with Crippen molar-refractivity contribution in [1.29, 1.82) is 0 Å². The molecule has 2 aromatic rings. The van der Waals surface area contributed by atoms with Crippen LogP contribution in [0.3, 0.4) is 0 Å². The Hall–Kier alpha value is -2.21. The molecular weight excluding hydrogens is 297 g/mol. The normalized spacial score (nSPS) is 14.0. The maximum atomic E-state index is 13.4. The molecule has 0 radical (unpaired) electrons. The van der Waals surface area contributed by atoms with Gasteiger partial charge in [-0.3, -0.25) is 19.2 Å². The number of ketones is 1. The van der Waals surface area contributed by atoms with Gasteiger partial charge in [0.15, 0.2) is 0 Å². The number of aromatic nitrogens is 2. The summed E-state index contributed by atoms with van der Waals surface area (Å²) in [5.74, 6) is -1.83. The first-order valence-corrected chi connectivity index (χ1v) is 6.61. The number of hydrogen-bond acceptors (Lipinski definition) is 3. The monoisotopic (exact) mass is 307 g/mol. The van der Waals surface area contributed by atoms with E-state index in [0.717, 1.165) is 6.07 Å². The lowest BCUT2D eigenvalue weighted by Crippen LogP contribution is -2.30. The van der Waals surface area contributed by atoms with Crippen molar-refractivity contribution in [2.24, 2.45) is 7.05 Å². The molecule has 0 unspecified atom stereocenters. The molecule has 7 heteroatoms. The fourth-order valence-corrected chi connectivity index (χ4v) is 2.65. The van der Waals surface area contributed by atoms with Gasteiger partial charge in [0.25, 0.3) is 11.7 Å². The van der Waals surface area contributed by atoms with Gasteiger partial charge in [-0.05, 0) is 25.1 Å². The lowest BCUT2D eigenvalue weighted by atomic mass is 10.1. The van der Waals surface area contributed by atoms with E-state index in [4.69, 9.17) is 11.6 Å². The summed E-state index contributed by atoms with van der Waals surface area (Å²) in [6, 6.07) is 3.66. The second-order valence-corrected chi connectivity index (χ2v) is 5.23. The number of hydrogen-bond donors (Lipinski definition) is 0. The number of Topliss-reactive ketones (excluding diaryl/α,β-unsaturated/α-hetero) is 1. The van der Waals surface area contributed by atoms with E-state index in [1.165, 1.54) is 17.0 Å². The Morgan fingerprint density at radius 3 is 2.67 bits per heavy atom. The molecule has 21 heavy (non-hydrogen) atoms. The number of halogens is 2. The summed E-state index contributed by atoms with van der Waals surface area (Å²) < 4.78 is 14.9. The standard InChI is InChI=1S/C14H11ClFN3O2/c1-7-12(15)11(18(2)17-7)6-19-10-5-8(16)3-4-9(10)13(20)14(19)21/h3-5H,6H2,1-2H3. The molecule has 2 heterocycles. The second kappa shape index (κ2) is 4.66. The van der Waals surface area contributed by atoms with Crippen molar-refractivity contribution in [2.75, 3.05) is 4.90 Å². The van der Waals surface area contributed by atoms with Crippen LogP contribution in [-0.2, 0) is 18.4 Å². The second-order valence-electron chi connectivity index (χ2n) is 4.85. The molecular formula is C14H11ClFN3O2. The van der Waals surface area contributed by atoms with Crippen LogP contribution in [0.25, 0.3) is 0 Å². The van der Waals surface area contributed by atoms with E-state index < -0.39 is 17.5 Å². The summed E-state index contributed by atoms with van der Waals surface area (Å²) >= 11 is 6.15. The number of aryl methyl sites for hydroxylation is 2. The zero-order valence-corrected chi connectivity index (χ0v) is 12.1. The summed E-state index contributed by atoms with van der Waals surface area (Å²) in [6.45, 7) is 1.81. The lowest BCUT2D eigenvalue weighted by molar-refractivity contribution is -0.114. The molecule has 0 saturated heterocycles. The third-order valence-corrected chi connectivity index (χ3v) is 4.00. The third kappa shape index (κ3) is 2.03. The summed E-state index contributed by atoms with van der Waals surface area (Å²) in [7, 11) is 1.70. The molecule has 1 aromatic heterocycles. The molecule has 0 N–H and O–H groups in total. The van der Waals surface area contributed by atoms with Gasteiger partial charge in [-0.25, -0.2) is 4.39 Å². The summed E-state index contributed by atoms with van der Waals surface area (Å²) in [6.07, 6.45) is 0. The van der Waals surface area contributed by atoms with Gasteiger partial charge < -0.3 is 0 Å². The quantitative estimate of drug-likeness (QED) is 0.800. The number of carbonyl (C=O) groups excluding carboxylic acids is 2. The molecule has 5 nitrogen and oxygen atoms in total. The summed E-state index contributed by atoms with van der Waals surface area (Å²) in [5.41, 5.74) is 1.69. The minimum atomic E-state index is -0.689. The highest BCUT2D eigenvalue weighted by atomic mass is 35.5. The number of benzene rings is 1. The number of amides is 1. The molecule has 1 amide bonds. The Balaban J connectivity index is 2.06. The number of anilines is 1. The molecule has 0 fully saturated rings. The highest BCUT2D eigenvalue weighted by Gasteiger charge is 2.36. The summed E-state index contributed by atoms with van der Waals surface area (Å²) in [4.78, 5) is 25.2. The molecule has 1 aliphatic heterocycles. The van der Waals surface area contributed by atoms with Crippen molar-refractivity contribution in [2.45, 2.75) is 13.5 Å². The molecule has 0 bridgehead atoms. The van der Waals surface area contributed by atoms with Crippen molar-refractivity contribution in [3.05, 3.63) is 46.0 Å². The van der Waals surface area contributed by atoms with Crippen LogP contribution in [0, 0.1) is 12.7 Å². The van der Waals surface area contributed by atoms with Crippen molar-refractivity contribution in [1.82, 2.24) is 9.78 Å². The zero-order chi connectivity index (χ0) is 15.3. The number of nitrogens with zero attached hydrogens (tertiary/aromatic N) is 3. The van der Waals surface area contributed by atoms with Crippen LogP contribution in [0.4, 0.5) is 10.1 Å². The molecule has 108 valence electrons. The van der Waals surface area contributed by atoms with E-state index in [0.29, 0.717) is 16.4 Å². The minimum absolute atomic E-state index is 0.0667. The molecule has 0 saturated carbocycles. The molecule has 0 aliphatic carbocycles. The van der Waals surface area contributed by atoms with Gasteiger partial charge in [0.05, 0.1) is 34.2 Å². The van der Waals surface area contributed by atoms with Crippen LogP contribution in [0.15, 0.2) is 18.2 Å². The van der Waals surface area contributed by atoms with Crippen LogP contribution >= 0.6 is 11.6 Å². The van der Waals surface area contributed by atoms with E-state index in [-0.39, 0.29) is 17.8 Å². The topological polar surface area (TPSA) is 55.2 Å². The van der Waals surface area contributed by atoms with Crippen LogP contribution in [-0.4, -0.2) is 21.5 Å². The fourth-order valence-electron chi connectivity index (χ4n) is 2.43. The molecule has 0 spiro atoms. The van der Waals surface area contributed by atoms with E-state index in [1.54, 1.807) is 18.7 Å². The predicted octanol–water partition coefficient (Wildman–Crippen LogP) is 2.25. The number of carbonyl (C=O) groups is 2. The molecule has 1 aromatic carbocycles. The SMILES string of the molecule is Cc1nn(C)c(CN2C(=O)C(=O)c3ccc(F)cc32)c1Cl. The lowest BCUT2D eigenvalue weighted by Gasteiger charge is -2.16. The van der Waals surface area contributed by atoms with E-state index in [9.17, 15) is 14.0 Å². The first-order valence-electron chi connectivity index (χ1n) is 6.24. The highest BCUT2D eigenvalue weighted by Crippen LogP contribution is 2.32. The Morgan fingerprint density at radius 1 is 1.33 bits per heavy atom. The van der Waals surface area contributed by atoms with Crippen molar-refractivity contribution in [3.63, 3.8) is 0 Å². The van der Waals surface area contributed by atoms with Gasteiger partial charge in [-0.2, -0.15) is 5.10 Å². The first kappa shape index (κ1) is 13.8. The fraction of sp³-hybridized carbons (Fsp3) is 0.214. The number of fused-ring (bicyclic) bond motifs is 1. The van der Waals surface area contributed by atoms with Crippen molar-refractivity contribution in [3.8, 4) is 0 Å². The first-order chi connectivity index (χ1) is 9.90. The van der Waals surface area contributed by atoms with Crippen molar-refractivity contribution < 1.29 is 14.0 Å². The van der Waals surface area contributed by atoms with Gasteiger partial charge in [-0.1, -0.05) is 11.6 Å².